The molecule has 1 unspecified atom stereocenters. The zero-order valence-electron chi connectivity index (χ0n) is 13.0. The molecule has 0 aliphatic carbocycles. The molecule has 3 nitrogen and oxygen atoms in total. The van der Waals surface area contributed by atoms with E-state index in [0.29, 0.717) is 0 Å². The van der Waals surface area contributed by atoms with Gasteiger partial charge in [0.2, 0.25) is 0 Å². The molecule has 108 valence electrons. The van der Waals surface area contributed by atoms with E-state index in [4.69, 9.17) is 0 Å². The van der Waals surface area contributed by atoms with E-state index < -0.39 is 0 Å². The summed E-state index contributed by atoms with van der Waals surface area (Å²) >= 11 is 0. The normalized spacial score (nSPS) is 12.6. The van der Waals surface area contributed by atoms with Gasteiger partial charge in [-0.25, -0.2) is 0 Å². The molecule has 3 heteroatoms. The molecule has 0 aliphatic heterocycles. The molecule has 0 spiro atoms. The van der Waals surface area contributed by atoms with Crippen molar-refractivity contribution in [1.29, 1.82) is 0 Å². The van der Waals surface area contributed by atoms with Crippen molar-refractivity contribution in [2.75, 3.05) is 6.54 Å². The molecule has 0 fully saturated rings. The molecule has 20 heavy (non-hydrogen) atoms. The SMILES string of the molecule is CCNC(c1ccc(CC)cc1)c1cc(C)nn1CC. The minimum absolute atomic E-state index is 0.215. The van der Waals surface area contributed by atoms with Crippen LogP contribution in [0.15, 0.2) is 30.3 Å². The van der Waals surface area contributed by atoms with Gasteiger partial charge in [-0.2, -0.15) is 5.10 Å². The van der Waals surface area contributed by atoms with Gasteiger partial charge in [-0.1, -0.05) is 38.1 Å². The molecule has 1 heterocycles. The van der Waals surface area contributed by atoms with Gasteiger partial charge >= 0.3 is 0 Å². The molecule has 2 aromatic rings. The van der Waals surface area contributed by atoms with Crippen molar-refractivity contribution in [2.24, 2.45) is 0 Å². The van der Waals surface area contributed by atoms with Crippen molar-refractivity contribution in [3.63, 3.8) is 0 Å². The lowest BCUT2D eigenvalue weighted by Gasteiger charge is -2.20. The van der Waals surface area contributed by atoms with Crippen LogP contribution < -0.4 is 5.32 Å². The first-order valence-corrected chi connectivity index (χ1v) is 7.56. The summed E-state index contributed by atoms with van der Waals surface area (Å²) in [6.07, 6.45) is 1.08. The number of nitrogens with one attached hydrogen (secondary N) is 1. The lowest BCUT2D eigenvalue weighted by molar-refractivity contribution is 0.541. The third-order valence-corrected chi connectivity index (χ3v) is 3.66. The Hall–Kier alpha value is -1.61. The molecule has 1 N–H and O–H groups in total. The number of nitrogens with zero attached hydrogens (tertiary/aromatic N) is 2. The monoisotopic (exact) mass is 271 g/mol. The van der Waals surface area contributed by atoms with Gasteiger partial charge in [-0.3, -0.25) is 4.68 Å². The Morgan fingerprint density at radius 2 is 1.85 bits per heavy atom. The number of rotatable bonds is 6. The maximum absolute atomic E-state index is 4.57. The highest BCUT2D eigenvalue weighted by atomic mass is 15.3. The Labute approximate surface area is 122 Å². The van der Waals surface area contributed by atoms with Crippen LogP contribution in [-0.2, 0) is 13.0 Å². The van der Waals surface area contributed by atoms with E-state index in [9.17, 15) is 0 Å². The molecular weight excluding hydrogens is 246 g/mol. The first kappa shape index (κ1) is 14.8. The van der Waals surface area contributed by atoms with E-state index in [2.05, 4.69) is 73.1 Å². The molecule has 0 saturated heterocycles. The molecule has 1 aromatic heterocycles. The molecule has 0 saturated carbocycles. The summed E-state index contributed by atoms with van der Waals surface area (Å²) in [5.74, 6) is 0. The van der Waals surface area contributed by atoms with E-state index in [-0.39, 0.29) is 6.04 Å². The van der Waals surface area contributed by atoms with Crippen LogP contribution in [0.25, 0.3) is 0 Å². The third-order valence-electron chi connectivity index (χ3n) is 3.66. The van der Waals surface area contributed by atoms with Gasteiger partial charge in [0.15, 0.2) is 0 Å². The zero-order chi connectivity index (χ0) is 14.5. The smallest absolute Gasteiger partial charge is 0.0748 e. The third kappa shape index (κ3) is 3.10. The Bertz CT molecular complexity index is 540. The van der Waals surface area contributed by atoms with Crippen LogP contribution in [0.3, 0.4) is 0 Å². The second-order valence-corrected chi connectivity index (χ2v) is 5.11. The van der Waals surface area contributed by atoms with E-state index in [0.717, 1.165) is 25.2 Å². The summed E-state index contributed by atoms with van der Waals surface area (Å²) in [7, 11) is 0. The summed E-state index contributed by atoms with van der Waals surface area (Å²) in [5, 5.41) is 8.15. The van der Waals surface area contributed by atoms with Crippen molar-refractivity contribution in [1.82, 2.24) is 15.1 Å². The van der Waals surface area contributed by atoms with Gasteiger partial charge < -0.3 is 5.32 Å². The standard InChI is InChI=1S/C17H25N3/c1-5-14-8-10-15(11-9-14)17(18-6-2)16-12-13(4)19-20(16)7-3/h8-12,17-18H,5-7H2,1-4H3. The number of aromatic nitrogens is 2. The predicted octanol–water partition coefficient (Wildman–Crippen LogP) is 3.47. The molecule has 1 atom stereocenters. The van der Waals surface area contributed by atoms with Crippen LogP contribution in [0.1, 0.15) is 49.3 Å². The number of aryl methyl sites for hydroxylation is 3. The highest BCUT2D eigenvalue weighted by molar-refractivity contribution is 5.31. The first-order chi connectivity index (χ1) is 9.69. The fraction of sp³-hybridized carbons (Fsp3) is 0.471. The average Bonchev–Trinajstić information content (AvgIpc) is 2.85. The maximum atomic E-state index is 4.57. The molecule has 2 rings (SSSR count). The van der Waals surface area contributed by atoms with Gasteiger partial charge in [0.25, 0.3) is 0 Å². The molecule has 1 aromatic carbocycles. The summed E-state index contributed by atoms with van der Waals surface area (Å²) in [6, 6.07) is 11.3. The average molecular weight is 271 g/mol. The van der Waals surface area contributed by atoms with Gasteiger partial charge in [0.05, 0.1) is 17.4 Å². The van der Waals surface area contributed by atoms with Crippen LogP contribution in [0.4, 0.5) is 0 Å². The molecular formula is C17H25N3. The first-order valence-electron chi connectivity index (χ1n) is 7.56. The van der Waals surface area contributed by atoms with Gasteiger partial charge in [-0.05, 0) is 44.0 Å². The Balaban J connectivity index is 2.38. The van der Waals surface area contributed by atoms with Crippen molar-refractivity contribution in [3.8, 4) is 0 Å². The zero-order valence-corrected chi connectivity index (χ0v) is 13.0. The summed E-state index contributed by atoms with van der Waals surface area (Å²) in [5.41, 5.74) is 5.01. The molecule has 0 radical (unpaired) electrons. The van der Waals surface area contributed by atoms with Crippen molar-refractivity contribution < 1.29 is 0 Å². The van der Waals surface area contributed by atoms with E-state index in [1.165, 1.54) is 16.8 Å². The highest BCUT2D eigenvalue weighted by Crippen LogP contribution is 2.23. The fourth-order valence-corrected chi connectivity index (χ4v) is 2.59. The van der Waals surface area contributed by atoms with Gasteiger partial charge in [0.1, 0.15) is 0 Å². The summed E-state index contributed by atoms with van der Waals surface area (Å²) < 4.78 is 2.09. The lowest BCUT2D eigenvalue weighted by Crippen LogP contribution is -2.24. The van der Waals surface area contributed by atoms with Crippen molar-refractivity contribution in [3.05, 3.63) is 52.8 Å². The summed E-state index contributed by atoms with van der Waals surface area (Å²) in [6.45, 7) is 10.4. The Morgan fingerprint density at radius 3 is 2.40 bits per heavy atom. The van der Waals surface area contributed by atoms with Crippen molar-refractivity contribution in [2.45, 2.75) is 46.7 Å². The molecule has 0 aliphatic rings. The Kier molecular flexibility index (Phi) is 4.96. The van der Waals surface area contributed by atoms with Gasteiger partial charge in [-0.15, -0.1) is 0 Å². The van der Waals surface area contributed by atoms with E-state index >= 15 is 0 Å². The Morgan fingerprint density at radius 1 is 1.15 bits per heavy atom. The van der Waals surface area contributed by atoms with E-state index in [1.807, 2.05) is 0 Å². The molecule has 0 bridgehead atoms. The number of hydrogen-bond acceptors (Lipinski definition) is 2. The second-order valence-electron chi connectivity index (χ2n) is 5.11. The van der Waals surface area contributed by atoms with Crippen LogP contribution in [0.5, 0.6) is 0 Å². The van der Waals surface area contributed by atoms with Crippen molar-refractivity contribution >= 4 is 0 Å². The van der Waals surface area contributed by atoms with Gasteiger partial charge in [0, 0.05) is 6.54 Å². The highest BCUT2D eigenvalue weighted by Gasteiger charge is 2.18. The minimum Gasteiger partial charge on any atom is -0.305 e. The van der Waals surface area contributed by atoms with Crippen LogP contribution in [0.2, 0.25) is 0 Å². The van der Waals surface area contributed by atoms with Crippen LogP contribution in [0, 0.1) is 6.92 Å². The minimum atomic E-state index is 0.215. The number of benzene rings is 1. The topological polar surface area (TPSA) is 29.9 Å². The quantitative estimate of drug-likeness (QED) is 0.872. The lowest BCUT2D eigenvalue weighted by atomic mass is 10.0. The fourth-order valence-electron chi connectivity index (χ4n) is 2.59. The second kappa shape index (κ2) is 6.71. The molecule has 0 amide bonds. The summed E-state index contributed by atoms with van der Waals surface area (Å²) in [4.78, 5) is 0. The predicted molar refractivity (Wildman–Crippen MR) is 84.0 cm³/mol. The largest absolute Gasteiger partial charge is 0.305 e. The van der Waals surface area contributed by atoms with Crippen LogP contribution >= 0.6 is 0 Å². The van der Waals surface area contributed by atoms with Crippen LogP contribution in [-0.4, -0.2) is 16.3 Å². The number of hydrogen-bond donors (Lipinski definition) is 1. The van der Waals surface area contributed by atoms with E-state index in [1.54, 1.807) is 0 Å². The maximum Gasteiger partial charge on any atom is 0.0748 e.